The summed E-state index contributed by atoms with van der Waals surface area (Å²) < 4.78 is 10.9. The van der Waals surface area contributed by atoms with Crippen molar-refractivity contribution in [1.82, 2.24) is 0 Å². The third kappa shape index (κ3) is 3.67. The highest BCUT2D eigenvalue weighted by Crippen LogP contribution is 2.21. The Kier molecular flexibility index (Phi) is 4.91. The fourth-order valence-corrected chi connectivity index (χ4v) is 1.72. The summed E-state index contributed by atoms with van der Waals surface area (Å²) in [6.07, 6.45) is 2.91. The van der Waals surface area contributed by atoms with Crippen molar-refractivity contribution in [3.8, 4) is 11.1 Å². The SMILES string of the molecule is FOC1CCC1.c1ccc(-c2ccccc2)cc1. The van der Waals surface area contributed by atoms with Gasteiger partial charge in [-0.25, -0.2) is 0 Å². The molecule has 1 fully saturated rings. The van der Waals surface area contributed by atoms with Crippen LogP contribution in [0.3, 0.4) is 0 Å². The first-order chi connectivity index (χ1) is 8.90. The van der Waals surface area contributed by atoms with Gasteiger partial charge in [0.25, 0.3) is 0 Å². The third-order valence-electron chi connectivity index (χ3n) is 3.06. The van der Waals surface area contributed by atoms with Gasteiger partial charge in [0.2, 0.25) is 0 Å². The molecule has 0 spiro atoms. The highest BCUT2D eigenvalue weighted by molar-refractivity contribution is 5.62. The molecule has 0 bridgehead atoms. The highest BCUT2D eigenvalue weighted by atomic mass is 19.3. The maximum absolute atomic E-state index is 10.9. The van der Waals surface area contributed by atoms with Crippen molar-refractivity contribution in [3.05, 3.63) is 60.7 Å². The van der Waals surface area contributed by atoms with Gasteiger partial charge in [-0.05, 0) is 34.9 Å². The molecule has 1 aliphatic rings. The number of hydrogen-bond donors (Lipinski definition) is 0. The Morgan fingerprint density at radius 1 is 0.778 bits per heavy atom. The molecular formula is C16H17FO. The average Bonchev–Trinajstić information content (AvgIpc) is 2.40. The zero-order chi connectivity index (χ0) is 12.6. The summed E-state index contributed by atoms with van der Waals surface area (Å²) in [6.45, 7) is 0. The fraction of sp³-hybridized carbons (Fsp3) is 0.250. The van der Waals surface area contributed by atoms with Crippen LogP contribution in [-0.2, 0) is 4.94 Å². The second-order valence-electron chi connectivity index (χ2n) is 4.37. The van der Waals surface area contributed by atoms with Gasteiger partial charge in [0, 0.05) is 0 Å². The summed E-state index contributed by atoms with van der Waals surface area (Å²) in [7, 11) is 0. The summed E-state index contributed by atoms with van der Waals surface area (Å²) in [5.41, 5.74) is 2.55. The van der Waals surface area contributed by atoms with Gasteiger partial charge in [0.1, 0.15) is 0 Å². The van der Waals surface area contributed by atoms with Crippen LogP contribution in [0.1, 0.15) is 19.3 Å². The van der Waals surface area contributed by atoms with E-state index < -0.39 is 0 Å². The highest BCUT2D eigenvalue weighted by Gasteiger charge is 2.17. The molecule has 94 valence electrons. The van der Waals surface area contributed by atoms with Crippen molar-refractivity contribution >= 4 is 0 Å². The Hall–Kier alpha value is -1.67. The molecule has 0 atom stereocenters. The quantitative estimate of drug-likeness (QED) is 0.737. The Morgan fingerprint density at radius 3 is 1.44 bits per heavy atom. The van der Waals surface area contributed by atoms with E-state index in [0.717, 1.165) is 19.3 Å². The lowest BCUT2D eigenvalue weighted by Gasteiger charge is -2.18. The zero-order valence-electron chi connectivity index (χ0n) is 10.3. The first-order valence-electron chi connectivity index (χ1n) is 6.28. The fourth-order valence-electron chi connectivity index (χ4n) is 1.72. The summed E-state index contributed by atoms with van der Waals surface area (Å²) in [4.78, 5) is 3.49. The van der Waals surface area contributed by atoms with Crippen LogP contribution >= 0.6 is 0 Å². The smallest absolute Gasteiger partial charge is 0.0983 e. The molecule has 18 heavy (non-hydrogen) atoms. The topological polar surface area (TPSA) is 9.23 Å². The monoisotopic (exact) mass is 244 g/mol. The minimum atomic E-state index is -0.0509. The zero-order valence-corrected chi connectivity index (χ0v) is 10.3. The van der Waals surface area contributed by atoms with Gasteiger partial charge in [0.15, 0.2) is 0 Å². The first-order valence-corrected chi connectivity index (χ1v) is 6.28. The second kappa shape index (κ2) is 6.92. The first kappa shape index (κ1) is 12.8. The lowest BCUT2D eigenvalue weighted by Crippen LogP contribution is -2.17. The second-order valence-corrected chi connectivity index (χ2v) is 4.37. The van der Waals surface area contributed by atoms with Crippen LogP contribution in [0.4, 0.5) is 4.53 Å². The van der Waals surface area contributed by atoms with E-state index in [4.69, 9.17) is 0 Å². The van der Waals surface area contributed by atoms with E-state index in [2.05, 4.69) is 53.5 Å². The Bertz CT molecular complexity index is 397. The van der Waals surface area contributed by atoms with Gasteiger partial charge < -0.3 is 0 Å². The normalized spacial score (nSPS) is 14.3. The van der Waals surface area contributed by atoms with Crippen LogP contribution in [-0.4, -0.2) is 6.10 Å². The predicted octanol–water partition coefficient (Wildman–Crippen LogP) is 4.79. The molecule has 3 rings (SSSR count). The molecule has 0 amide bonds. The van der Waals surface area contributed by atoms with Crippen LogP contribution in [0.15, 0.2) is 60.7 Å². The Balaban J connectivity index is 0.000000169. The standard InChI is InChI=1S/C12H10.C4H7FO/c1-3-7-11(8-4-1)12-9-5-2-6-10-12;5-6-4-2-1-3-4/h1-10H;4H,1-3H2. The number of hydrogen-bond acceptors (Lipinski definition) is 1. The minimum Gasteiger partial charge on any atom is -0.191 e. The third-order valence-corrected chi connectivity index (χ3v) is 3.06. The molecule has 1 aliphatic carbocycles. The summed E-state index contributed by atoms with van der Waals surface area (Å²) >= 11 is 0. The van der Waals surface area contributed by atoms with Crippen molar-refractivity contribution in [2.75, 3.05) is 0 Å². The Labute approximate surface area is 107 Å². The number of benzene rings is 2. The summed E-state index contributed by atoms with van der Waals surface area (Å²) in [5, 5.41) is 0. The average molecular weight is 244 g/mol. The largest absolute Gasteiger partial charge is 0.191 e. The summed E-state index contributed by atoms with van der Waals surface area (Å²) in [6, 6.07) is 20.8. The molecule has 0 N–H and O–H groups in total. The molecular weight excluding hydrogens is 227 g/mol. The molecule has 1 nitrogen and oxygen atoms in total. The lowest BCUT2D eigenvalue weighted by atomic mass is 9.97. The van der Waals surface area contributed by atoms with Crippen molar-refractivity contribution < 1.29 is 9.47 Å². The van der Waals surface area contributed by atoms with Gasteiger partial charge in [-0.2, -0.15) is 4.94 Å². The minimum absolute atomic E-state index is 0.0509. The van der Waals surface area contributed by atoms with E-state index in [9.17, 15) is 4.53 Å². The molecule has 2 heteroatoms. The van der Waals surface area contributed by atoms with Crippen LogP contribution in [0.5, 0.6) is 0 Å². The maximum Gasteiger partial charge on any atom is 0.0983 e. The Morgan fingerprint density at radius 2 is 1.22 bits per heavy atom. The maximum atomic E-state index is 10.9. The van der Waals surface area contributed by atoms with Gasteiger partial charge in [0.05, 0.1) is 6.10 Å². The number of halogens is 1. The summed E-state index contributed by atoms with van der Waals surface area (Å²) in [5.74, 6) is 0. The molecule has 0 aliphatic heterocycles. The van der Waals surface area contributed by atoms with Crippen LogP contribution in [0.25, 0.3) is 11.1 Å². The predicted molar refractivity (Wildman–Crippen MR) is 71.7 cm³/mol. The lowest BCUT2D eigenvalue weighted by molar-refractivity contribution is -0.201. The van der Waals surface area contributed by atoms with E-state index in [-0.39, 0.29) is 6.10 Å². The molecule has 1 saturated carbocycles. The van der Waals surface area contributed by atoms with E-state index in [1.54, 1.807) is 0 Å². The van der Waals surface area contributed by atoms with Crippen molar-refractivity contribution in [3.63, 3.8) is 0 Å². The van der Waals surface area contributed by atoms with E-state index in [1.165, 1.54) is 11.1 Å². The van der Waals surface area contributed by atoms with E-state index in [0.29, 0.717) is 0 Å². The molecule has 0 heterocycles. The van der Waals surface area contributed by atoms with Gasteiger partial charge in [-0.15, -0.1) is 0 Å². The van der Waals surface area contributed by atoms with Gasteiger partial charge in [-0.3, -0.25) is 0 Å². The van der Waals surface area contributed by atoms with Crippen molar-refractivity contribution in [1.29, 1.82) is 0 Å². The number of rotatable bonds is 2. The molecule has 0 aromatic heterocycles. The van der Waals surface area contributed by atoms with Crippen LogP contribution in [0.2, 0.25) is 0 Å². The van der Waals surface area contributed by atoms with Crippen LogP contribution < -0.4 is 0 Å². The van der Waals surface area contributed by atoms with E-state index in [1.807, 2.05) is 12.1 Å². The van der Waals surface area contributed by atoms with Gasteiger partial charge in [-0.1, -0.05) is 60.7 Å². The van der Waals surface area contributed by atoms with Crippen LogP contribution in [0, 0.1) is 0 Å². The molecule has 0 radical (unpaired) electrons. The molecule has 0 unspecified atom stereocenters. The molecule has 2 aromatic rings. The van der Waals surface area contributed by atoms with Gasteiger partial charge >= 0.3 is 0 Å². The van der Waals surface area contributed by atoms with E-state index >= 15 is 0 Å². The van der Waals surface area contributed by atoms with Crippen molar-refractivity contribution in [2.24, 2.45) is 0 Å². The molecule has 0 saturated heterocycles. The molecule has 2 aromatic carbocycles. The van der Waals surface area contributed by atoms with Crippen molar-refractivity contribution in [2.45, 2.75) is 25.4 Å².